The lowest BCUT2D eigenvalue weighted by Gasteiger charge is -2.22. The molecule has 0 bridgehead atoms. The first-order chi connectivity index (χ1) is 7.24. The average Bonchev–Trinajstić information content (AvgIpc) is 2.27. The van der Waals surface area contributed by atoms with E-state index in [1.54, 1.807) is 6.08 Å². The Hall–Kier alpha value is -0.830. The Balaban J connectivity index is 2.23. The van der Waals surface area contributed by atoms with Crippen LogP contribution in [0.3, 0.4) is 0 Å². The molecule has 0 aromatic heterocycles. The zero-order valence-corrected chi connectivity index (χ0v) is 9.33. The van der Waals surface area contributed by atoms with Crippen LogP contribution in [0.4, 0.5) is 0 Å². The van der Waals surface area contributed by atoms with Crippen molar-refractivity contribution in [1.29, 1.82) is 0 Å². The third kappa shape index (κ3) is 4.47. The minimum Gasteiger partial charge on any atom is -0.460 e. The van der Waals surface area contributed by atoms with Crippen LogP contribution in [0.1, 0.15) is 32.6 Å². The molecule has 0 amide bonds. The normalized spacial score (nSPS) is 22.5. The summed E-state index contributed by atoms with van der Waals surface area (Å²) in [5, 5.41) is 0. The summed E-state index contributed by atoms with van der Waals surface area (Å²) in [6, 6.07) is 0. The smallest absolute Gasteiger partial charge is 0.333 e. The van der Waals surface area contributed by atoms with E-state index in [1.165, 1.54) is 0 Å². The van der Waals surface area contributed by atoms with Crippen molar-refractivity contribution in [3.05, 3.63) is 18.6 Å². The predicted octanol–water partition coefficient (Wildman–Crippen LogP) is 2.27. The molecule has 3 heteroatoms. The summed E-state index contributed by atoms with van der Waals surface area (Å²) in [6.07, 6.45) is 5.90. The Morgan fingerprint density at radius 2 is 2.40 bits per heavy atom. The topological polar surface area (TPSA) is 35.5 Å². The van der Waals surface area contributed by atoms with Gasteiger partial charge in [0, 0.05) is 12.2 Å². The van der Waals surface area contributed by atoms with E-state index >= 15 is 0 Å². The molecule has 15 heavy (non-hydrogen) atoms. The number of ether oxygens (including phenoxy) is 2. The second-order valence-corrected chi connectivity index (χ2v) is 3.72. The fourth-order valence-corrected chi connectivity index (χ4v) is 1.53. The van der Waals surface area contributed by atoms with Gasteiger partial charge in [-0.1, -0.05) is 13.0 Å². The van der Waals surface area contributed by atoms with Crippen LogP contribution >= 0.6 is 0 Å². The lowest BCUT2D eigenvalue weighted by Crippen LogP contribution is -2.26. The molecule has 0 N–H and O–H groups in total. The van der Waals surface area contributed by atoms with Crippen LogP contribution in [0.25, 0.3) is 0 Å². The van der Waals surface area contributed by atoms with Crippen molar-refractivity contribution in [2.45, 2.75) is 38.7 Å². The lowest BCUT2D eigenvalue weighted by molar-refractivity contribution is -0.144. The van der Waals surface area contributed by atoms with Gasteiger partial charge in [0.05, 0.1) is 6.10 Å². The molecule has 3 nitrogen and oxygen atoms in total. The van der Waals surface area contributed by atoms with Gasteiger partial charge < -0.3 is 9.47 Å². The van der Waals surface area contributed by atoms with E-state index in [0.29, 0.717) is 12.2 Å². The van der Waals surface area contributed by atoms with Gasteiger partial charge >= 0.3 is 5.97 Å². The van der Waals surface area contributed by atoms with Gasteiger partial charge in [-0.2, -0.15) is 0 Å². The third-order valence-electron chi connectivity index (χ3n) is 2.39. The van der Waals surface area contributed by atoms with E-state index < -0.39 is 0 Å². The van der Waals surface area contributed by atoms with Crippen molar-refractivity contribution in [3.8, 4) is 0 Å². The first-order valence-corrected chi connectivity index (χ1v) is 5.55. The maximum absolute atomic E-state index is 11.4. The molecular formula is C12H19O3. The van der Waals surface area contributed by atoms with Gasteiger partial charge in [0.25, 0.3) is 0 Å². The molecule has 0 aliphatic carbocycles. The highest BCUT2D eigenvalue weighted by Crippen LogP contribution is 2.13. The average molecular weight is 211 g/mol. The molecule has 1 saturated heterocycles. The van der Waals surface area contributed by atoms with Crippen LogP contribution in [0.15, 0.2) is 11.6 Å². The first-order valence-electron chi connectivity index (χ1n) is 5.55. The maximum Gasteiger partial charge on any atom is 0.333 e. The summed E-state index contributed by atoms with van der Waals surface area (Å²) in [6.45, 7) is 6.74. The molecule has 1 radical (unpaired) electrons. The van der Waals surface area contributed by atoms with Crippen molar-refractivity contribution < 1.29 is 14.3 Å². The summed E-state index contributed by atoms with van der Waals surface area (Å²) in [7, 11) is 0. The van der Waals surface area contributed by atoms with Gasteiger partial charge in [0.2, 0.25) is 0 Å². The van der Waals surface area contributed by atoms with Gasteiger partial charge in [-0.3, -0.25) is 0 Å². The molecule has 1 atom stereocenters. The van der Waals surface area contributed by atoms with Crippen LogP contribution in [-0.2, 0) is 14.3 Å². The van der Waals surface area contributed by atoms with E-state index in [1.807, 2.05) is 6.92 Å². The Bertz CT molecular complexity index is 227. The quantitative estimate of drug-likeness (QED) is 0.528. The predicted molar refractivity (Wildman–Crippen MR) is 58.3 cm³/mol. The van der Waals surface area contributed by atoms with E-state index in [9.17, 15) is 4.79 Å². The molecule has 0 aromatic rings. The summed E-state index contributed by atoms with van der Waals surface area (Å²) in [5.74, 6) is -0.328. The summed E-state index contributed by atoms with van der Waals surface area (Å²) in [5.41, 5.74) is 0.438. The van der Waals surface area contributed by atoms with E-state index in [0.717, 1.165) is 32.3 Å². The maximum atomic E-state index is 11.4. The highest BCUT2D eigenvalue weighted by Gasteiger charge is 2.16. The minimum atomic E-state index is -0.328. The van der Waals surface area contributed by atoms with E-state index in [2.05, 4.69) is 6.92 Å². The first kappa shape index (κ1) is 12.2. The summed E-state index contributed by atoms with van der Waals surface area (Å²) >= 11 is 0. The monoisotopic (exact) mass is 211 g/mol. The fourth-order valence-electron chi connectivity index (χ4n) is 1.53. The molecule has 0 aromatic carbocycles. The van der Waals surface area contributed by atoms with Crippen molar-refractivity contribution in [2.75, 3.05) is 13.2 Å². The van der Waals surface area contributed by atoms with Gasteiger partial charge in [-0.15, -0.1) is 0 Å². The second kappa shape index (κ2) is 6.62. The second-order valence-electron chi connectivity index (χ2n) is 3.72. The molecule has 85 valence electrons. The zero-order chi connectivity index (χ0) is 11.1. The van der Waals surface area contributed by atoms with Gasteiger partial charge in [0.15, 0.2) is 0 Å². The Morgan fingerprint density at radius 3 is 3.00 bits per heavy atom. The number of allylic oxidation sites excluding steroid dienone is 1. The lowest BCUT2D eigenvalue weighted by atomic mass is 10.1. The van der Waals surface area contributed by atoms with Crippen molar-refractivity contribution in [1.82, 2.24) is 0 Å². The van der Waals surface area contributed by atoms with Crippen LogP contribution in [-0.4, -0.2) is 25.3 Å². The molecule has 0 spiro atoms. The molecule has 0 saturated carbocycles. The van der Waals surface area contributed by atoms with Crippen LogP contribution in [0.5, 0.6) is 0 Å². The minimum absolute atomic E-state index is 0.0807. The Labute approximate surface area is 91.4 Å². The molecule has 1 rings (SSSR count). The Morgan fingerprint density at radius 1 is 1.60 bits per heavy atom. The summed E-state index contributed by atoms with van der Waals surface area (Å²) in [4.78, 5) is 11.4. The Kier molecular flexibility index (Phi) is 5.40. The van der Waals surface area contributed by atoms with Crippen molar-refractivity contribution >= 4 is 5.97 Å². The van der Waals surface area contributed by atoms with E-state index in [4.69, 9.17) is 9.47 Å². The largest absolute Gasteiger partial charge is 0.460 e. The van der Waals surface area contributed by atoms with Crippen LogP contribution < -0.4 is 0 Å². The molecule has 1 aliphatic rings. The molecular weight excluding hydrogens is 192 g/mol. The molecule has 1 fully saturated rings. The number of carbonyl (C=O) groups is 1. The SMILES string of the molecule is [CH2]/C(=C\CC)C(=O)OCC1CCCCO1. The van der Waals surface area contributed by atoms with Gasteiger partial charge in [-0.25, -0.2) is 4.79 Å². The summed E-state index contributed by atoms with van der Waals surface area (Å²) < 4.78 is 10.6. The highest BCUT2D eigenvalue weighted by atomic mass is 16.6. The number of hydrogen-bond donors (Lipinski definition) is 0. The number of carbonyl (C=O) groups excluding carboxylic acids is 1. The van der Waals surface area contributed by atoms with Crippen molar-refractivity contribution in [3.63, 3.8) is 0 Å². The molecule has 1 heterocycles. The number of esters is 1. The van der Waals surface area contributed by atoms with Gasteiger partial charge in [-0.05, 0) is 32.6 Å². The molecule has 1 unspecified atom stereocenters. The van der Waals surface area contributed by atoms with Crippen LogP contribution in [0, 0.1) is 6.92 Å². The van der Waals surface area contributed by atoms with Crippen LogP contribution in [0.2, 0.25) is 0 Å². The third-order valence-corrected chi connectivity index (χ3v) is 2.39. The standard InChI is InChI=1S/C12H19O3/c1-3-6-10(2)12(13)15-9-11-7-4-5-8-14-11/h6,11H,2-5,7-9H2,1H3/b10-6+. The zero-order valence-electron chi connectivity index (χ0n) is 9.33. The molecule has 1 aliphatic heterocycles. The number of hydrogen-bond acceptors (Lipinski definition) is 3. The van der Waals surface area contributed by atoms with E-state index in [-0.39, 0.29) is 12.1 Å². The van der Waals surface area contributed by atoms with Gasteiger partial charge in [0.1, 0.15) is 6.61 Å². The number of rotatable bonds is 4. The highest BCUT2D eigenvalue weighted by molar-refractivity contribution is 5.89. The van der Waals surface area contributed by atoms with Crippen molar-refractivity contribution in [2.24, 2.45) is 0 Å². The fraction of sp³-hybridized carbons (Fsp3) is 0.667.